The third-order valence-corrected chi connectivity index (χ3v) is 3.85. The summed E-state index contributed by atoms with van der Waals surface area (Å²) in [7, 11) is 1.63. The predicted octanol–water partition coefficient (Wildman–Crippen LogP) is 1.78. The fraction of sp³-hybridized carbons (Fsp3) is 0.562. The van der Waals surface area contributed by atoms with Gasteiger partial charge in [-0.25, -0.2) is 4.79 Å². The summed E-state index contributed by atoms with van der Waals surface area (Å²) in [4.78, 5) is 16.2. The Bertz CT molecular complexity index is 482. The summed E-state index contributed by atoms with van der Waals surface area (Å²) < 4.78 is 4.94. The van der Waals surface area contributed by atoms with Gasteiger partial charge >= 0.3 is 6.03 Å². The molecule has 0 aliphatic carbocycles. The first-order valence-corrected chi connectivity index (χ1v) is 7.45. The van der Waals surface area contributed by atoms with E-state index in [9.17, 15) is 4.79 Å². The molecule has 1 heterocycles. The van der Waals surface area contributed by atoms with Gasteiger partial charge in [0, 0.05) is 45.5 Å². The van der Waals surface area contributed by atoms with Gasteiger partial charge in [-0.1, -0.05) is 12.1 Å². The SMILES string of the molecule is COCCNC(=O)N1CCN(c2cc(C)ccc2C)CC1. The molecular formula is C16H25N3O2. The van der Waals surface area contributed by atoms with Crippen LogP contribution in [0.2, 0.25) is 0 Å². The normalized spacial score (nSPS) is 15.2. The minimum atomic E-state index is 0.00710. The van der Waals surface area contributed by atoms with Crippen molar-refractivity contribution in [3.8, 4) is 0 Å². The molecule has 1 N–H and O–H groups in total. The molecular weight excluding hydrogens is 266 g/mol. The van der Waals surface area contributed by atoms with Crippen molar-refractivity contribution in [3.05, 3.63) is 29.3 Å². The van der Waals surface area contributed by atoms with Gasteiger partial charge in [0.15, 0.2) is 0 Å². The zero-order valence-corrected chi connectivity index (χ0v) is 13.2. The molecule has 0 unspecified atom stereocenters. The van der Waals surface area contributed by atoms with Gasteiger partial charge in [0.05, 0.1) is 6.61 Å². The number of carbonyl (C=O) groups excluding carboxylic acids is 1. The second-order valence-corrected chi connectivity index (χ2v) is 5.49. The van der Waals surface area contributed by atoms with Crippen LogP contribution in [-0.2, 0) is 4.74 Å². The molecule has 0 saturated carbocycles. The number of ether oxygens (including phenoxy) is 1. The Kier molecular flexibility index (Phi) is 5.44. The average Bonchev–Trinajstić information content (AvgIpc) is 2.50. The Balaban J connectivity index is 1.88. The number of rotatable bonds is 4. The second-order valence-electron chi connectivity index (χ2n) is 5.49. The van der Waals surface area contributed by atoms with E-state index in [0.717, 1.165) is 26.2 Å². The standard InChI is InChI=1S/C16H25N3O2/c1-13-4-5-14(2)15(12-13)18-7-9-19(10-8-18)16(20)17-6-11-21-3/h4-5,12H,6-11H2,1-3H3,(H,17,20). The lowest BCUT2D eigenvalue weighted by molar-refractivity contribution is 0.177. The first kappa shape index (κ1) is 15.6. The van der Waals surface area contributed by atoms with Crippen molar-refractivity contribution in [2.75, 3.05) is 51.3 Å². The van der Waals surface area contributed by atoms with Crippen LogP contribution in [0.5, 0.6) is 0 Å². The zero-order chi connectivity index (χ0) is 15.2. The average molecular weight is 291 g/mol. The molecule has 1 aromatic carbocycles. The van der Waals surface area contributed by atoms with E-state index in [0.29, 0.717) is 13.2 Å². The van der Waals surface area contributed by atoms with Crippen LogP contribution >= 0.6 is 0 Å². The summed E-state index contributed by atoms with van der Waals surface area (Å²) >= 11 is 0. The lowest BCUT2D eigenvalue weighted by atomic mass is 10.1. The van der Waals surface area contributed by atoms with Gasteiger partial charge in [-0.15, -0.1) is 0 Å². The van der Waals surface area contributed by atoms with Crippen molar-refractivity contribution < 1.29 is 9.53 Å². The van der Waals surface area contributed by atoms with Crippen molar-refractivity contribution >= 4 is 11.7 Å². The fourth-order valence-electron chi connectivity index (χ4n) is 2.58. The van der Waals surface area contributed by atoms with Crippen LogP contribution in [0.1, 0.15) is 11.1 Å². The van der Waals surface area contributed by atoms with Crippen molar-refractivity contribution in [2.24, 2.45) is 0 Å². The minimum absolute atomic E-state index is 0.00710. The number of piperazine rings is 1. The van der Waals surface area contributed by atoms with Crippen LogP contribution in [0.3, 0.4) is 0 Å². The molecule has 5 nitrogen and oxygen atoms in total. The minimum Gasteiger partial charge on any atom is -0.383 e. The third kappa shape index (κ3) is 4.11. The zero-order valence-electron chi connectivity index (χ0n) is 13.2. The molecule has 1 aromatic rings. The van der Waals surface area contributed by atoms with Crippen molar-refractivity contribution in [1.82, 2.24) is 10.2 Å². The molecule has 2 amide bonds. The van der Waals surface area contributed by atoms with Crippen molar-refractivity contribution in [3.63, 3.8) is 0 Å². The first-order valence-electron chi connectivity index (χ1n) is 7.45. The van der Waals surface area contributed by atoms with Gasteiger partial charge in [0.1, 0.15) is 0 Å². The first-order chi connectivity index (χ1) is 10.1. The molecule has 1 saturated heterocycles. The van der Waals surface area contributed by atoms with Crippen LogP contribution in [0.4, 0.5) is 10.5 Å². The molecule has 1 aliphatic rings. The Morgan fingerprint density at radius 3 is 2.62 bits per heavy atom. The van der Waals surface area contributed by atoms with Gasteiger partial charge in [-0.2, -0.15) is 0 Å². The molecule has 1 fully saturated rings. The highest BCUT2D eigenvalue weighted by molar-refractivity contribution is 5.74. The number of hydrogen-bond donors (Lipinski definition) is 1. The van der Waals surface area contributed by atoms with E-state index in [1.807, 2.05) is 4.90 Å². The van der Waals surface area contributed by atoms with Crippen LogP contribution in [-0.4, -0.2) is 57.4 Å². The van der Waals surface area contributed by atoms with Gasteiger partial charge in [0.2, 0.25) is 0 Å². The topological polar surface area (TPSA) is 44.8 Å². The summed E-state index contributed by atoms with van der Waals surface area (Å²) in [6, 6.07) is 6.53. The molecule has 0 spiro atoms. The fourth-order valence-corrected chi connectivity index (χ4v) is 2.58. The van der Waals surface area contributed by atoms with Crippen LogP contribution in [0, 0.1) is 13.8 Å². The molecule has 2 rings (SSSR count). The number of aryl methyl sites for hydroxylation is 2. The van der Waals surface area contributed by atoms with Gasteiger partial charge in [-0.3, -0.25) is 0 Å². The molecule has 116 valence electrons. The lowest BCUT2D eigenvalue weighted by Crippen LogP contribution is -2.52. The van der Waals surface area contributed by atoms with Crippen LogP contribution < -0.4 is 10.2 Å². The summed E-state index contributed by atoms with van der Waals surface area (Å²) in [6.45, 7) is 8.63. The third-order valence-electron chi connectivity index (χ3n) is 3.85. The number of nitrogens with one attached hydrogen (secondary N) is 1. The Morgan fingerprint density at radius 1 is 1.24 bits per heavy atom. The summed E-state index contributed by atoms with van der Waals surface area (Å²) in [5, 5.41) is 2.87. The predicted molar refractivity (Wildman–Crippen MR) is 85.0 cm³/mol. The number of anilines is 1. The molecule has 0 radical (unpaired) electrons. The largest absolute Gasteiger partial charge is 0.383 e. The van der Waals surface area contributed by atoms with E-state index in [4.69, 9.17) is 4.74 Å². The maximum atomic E-state index is 12.0. The molecule has 1 aliphatic heterocycles. The molecule has 0 aromatic heterocycles. The van der Waals surface area contributed by atoms with E-state index in [1.54, 1.807) is 7.11 Å². The van der Waals surface area contributed by atoms with Gasteiger partial charge < -0.3 is 19.9 Å². The number of carbonyl (C=O) groups is 1. The Labute approximate surface area is 126 Å². The van der Waals surface area contributed by atoms with E-state index in [2.05, 4.69) is 42.3 Å². The van der Waals surface area contributed by atoms with Gasteiger partial charge in [0.25, 0.3) is 0 Å². The summed E-state index contributed by atoms with van der Waals surface area (Å²) in [6.07, 6.45) is 0. The Morgan fingerprint density at radius 2 is 1.95 bits per heavy atom. The van der Waals surface area contributed by atoms with E-state index < -0.39 is 0 Å². The highest BCUT2D eigenvalue weighted by atomic mass is 16.5. The number of amides is 2. The van der Waals surface area contributed by atoms with E-state index in [-0.39, 0.29) is 6.03 Å². The van der Waals surface area contributed by atoms with Gasteiger partial charge in [-0.05, 0) is 31.0 Å². The number of hydrogen-bond acceptors (Lipinski definition) is 3. The molecule has 0 bridgehead atoms. The maximum absolute atomic E-state index is 12.0. The highest BCUT2D eigenvalue weighted by Crippen LogP contribution is 2.22. The molecule has 0 atom stereocenters. The van der Waals surface area contributed by atoms with E-state index >= 15 is 0 Å². The van der Waals surface area contributed by atoms with Crippen LogP contribution in [0.15, 0.2) is 18.2 Å². The van der Waals surface area contributed by atoms with E-state index in [1.165, 1.54) is 16.8 Å². The maximum Gasteiger partial charge on any atom is 0.317 e. The quantitative estimate of drug-likeness (QED) is 0.860. The molecule has 21 heavy (non-hydrogen) atoms. The number of methoxy groups -OCH3 is 1. The van der Waals surface area contributed by atoms with Crippen molar-refractivity contribution in [1.29, 1.82) is 0 Å². The number of urea groups is 1. The Hall–Kier alpha value is -1.75. The molecule has 5 heteroatoms. The smallest absolute Gasteiger partial charge is 0.317 e. The number of benzene rings is 1. The van der Waals surface area contributed by atoms with Crippen LogP contribution in [0.25, 0.3) is 0 Å². The lowest BCUT2D eigenvalue weighted by Gasteiger charge is -2.36. The second kappa shape index (κ2) is 7.31. The monoisotopic (exact) mass is 291 g/mol. The summed E-state index contributed by atoms with van der Waals surface area (Å²) in [5.74, 6) is 0. The van der Waals surface area contributed by atoms with Crippen molar-refractivity contribution in [2.45, 2.75) is 13.8 Å². The highest BCUT2D eigenvalue weighted by Gasteiger charge is 2.21. The number of nitrogens with zero attached hydrogens (tertiary/aromatic N) is 2. The summed E-state index contributed by atoms with van der Waals surface area (Å²) in [5.41, 5.74) is 3.85.